The Kier molecular flexibility index (Phi) is 4.43. The molecule has 1 unspecified atom stereocenters. The van der Waals surface area contributed by atoms with Crippen molar-refractivity contribution >= 4 is 29.3 Å². The summed E-state index contributed by atoms with van der Waals surface area (Å²) in [6, 6.07) is 10.1. The maximum Gasteiger partial charge on any atom is 0.219 e. The van der Waals surface area contributed by atoms with Gasteiger partial charge in [0, 0.05) is 42.3 Å². The van der Waals surface area contributed by atoms with Crippen LogP contribution in [0.25, 0.3) is 11.3 Å². The minimum absolute atomic E-state index is 0.0491. The van der Waals surface area contributed by atoms with Gasteiger partial charge in [-0.25, -0.2) is 4.98 Å². The van der Waals surface area contributed by atoms with Crippen LogP contribution in [-0.4, -0.2) is 38.2 Å². The normalized spacial score (nSPS) is 18.2. The molecule has 0 aliphatic carbocycles. The highest BCUT2D eigenvalue weighted by Gasteiger charge is 2.25. The van der Waals surface area contributed by atoms with Crippen molar-refractivity contribution in [3.8, 4) is 0 Å². The van der Waals surface area contributed by atoms with E-state index >= 15 is 0 Å². The van der Waals surface area contributed by atoms with Gasteiger partial charge >= 0.3 is 0 Å². The maximum atomic E-state index is 11.8. The maximum absolute atomic E-state index is 11.8. The van der Waals surface area contributed by atoms with E-state index in [9.17, 15) is 4.79 Å². The summed E-state index contributed by atoms with van der Waals surface area (Å²) in [5.74, 6) is 0.576. The fourth-order valence-corrected chi connectivity index (χ4v) is 4.01. The number of nitrogens with zero attached hydrogens (tertiary/aromatic N) is 5. The molecule has 2 N–H and O–H groups in total. The molecule has 7 heteroatoms. The number of carbonyl (C=O) groups is 1. The quantitative estimate of drug-likeness (QED) is 0.719. The lowest BCUT2D eigenvalue weighted by molar-refractivity contribution is -0.129. The molecule has 2 aliphatic heterocycles. The molecule has 0 radical (unpaired) electrons. The van der Waals surface area contributed by atoms with Crippen LogP contribution in [0.5, 0.6) is 0 Å². The van der Waals surface area contributed by atoms with Gasteiger partial charge in [0.05, 0.1) is 24.1 Å². The number of amides is 1. The summed E-state index contributed by atoms with van der Waals surface area (Å²) in [7, 11) is 0. The molecule has 3 aromatic rings. The van der Waals surface area contributed by atoms with Crippen molar-refractivity contribution in [3.63, 3.8) is 0 Å². The fraction of sp³-hybridized carbons (Fsp3) is 0.217. The number of nitrogen functional groups attached to an aromatic ring is 1. The van der Waals surface area contributed by atoms with Crippen molar-refractivity contribution < 1.29 is 4.79 Å². The Morgan fingerprint density at radius 3 is 2.87 bits per heavy atom. The third kappa shape index (κ3) is 3.08. The van der Waals surface area contributed by atoms with Gasteiger partial charge in [0.15, 0.2) is 5.65 Å². The van der Waals surface area contributed by atoms with Crippen LogP contribution < -0.4 is 5.73 Å². The average Bonchev–Trinajstić information content (AvgIpc) is 3.03. The van der Waals surface area contributed by atoms with Crippen molar-refractivity contribution in [2.45, 2.75) is 25.8 Å². The summed E-state index contributed by atoms with van der Waals surface area (Å²) in [4.78, 5) is 23.2. The smallest absolute Gasteiger partial charge is 0.219 e. The number of nitrogens with two attached hydrogens (primary N) is 1. The lowest BCUT2D eigenvalue weighted by Crippen LogP contribution is -2.35. The van der Waals surface area contributed by atoms with E-state index in [0.29, 0.717) is 31.0 Å². The molecular formula is C23H22N6O. The van der Waals surface area contributed by atoms with Crippen molar-refractivity contribution in [1.82, 2.24) is 19.5 Å². The van der Waals surface area contributed by atoms with Crippen LogP contribution >= 0.6 is 0 Å². The Morgan fingerprint density at radius 2 is 2.07 bits per heavy atom. The Bertz CT molecular complexity index is 1220. The first-order valence-electron chi connectivity index (χ1n) is 10.0. The third-order valence-corrected chi connectivity index (χ3v) is 5.69. The summed E-state index contributed by atoms with van der Waals surface area (Å²) in [5.41, 5.74) is 11.9. The second kappa shape index (κ2) is 7.26. The van der Waals surface area contributed by atoms with Crippen LogP contribution in [0, 0.1) is 0 Å². The van der Waals surface area contributed by atoms with Gasteiger partial charge in [-0.1, -0.05) is 42.5 Å². The number of rotatable bonds is 2. The Hall–Kier alpha value is -3.74. The summed E-state index contributed by atoms with van der Waals surface area (Å²) in [6.07, 6.45) is 10.5. The molecule has 30 heavy (non-hydrogen) atoms. The van der Waals surface area contributed by atoms with Gasteiger partial charge in [0.2, 0.25) is 5.91 Å². The molecular weight excluding hydrogens is 376 g/mol. The first kappa shape index (κ1) is 18.3. The van der Waals surface area contributed by atoms with Gasteiger partial charge < -0.3 is 10.6 Å². The highest BCUT2D eigenvalue weighted by molar-refractivity contribution is 5.83. The number of carbonyl (C=O) groups excluding carboxylic acids is 1. The molecule has 0 saturated carbocycles. The molecule has 1 amide bonds. The number of aliphatic imine (C=N–C) groups is 1. The molecule has 4 heterocycles. The molecule has 2 aliphatic rings. The monoisotopic (exact) mass is 398 g/mol. The van der Waals surface area contributed by atoms with Crippen molar-refractivity contribution in [3.05, 3.63) is 77.1 Å². The van der Waals surface area contributed by atoms with Crippen molar-refractivity contribution in [1.29, 1.82) is 0 Å². The molecule has 0 spiro atoms. The third-order valence-electron chi connectivity index (χ3n) is 5.69. The minimum Gasteiger partial charge on any atom is -0.383 e. The second-order valence-corrected chi connectivity index (χ2v) is 7.55. The first-order valence-corrected chi connectivity index (χ1v) is 10.0. The zero-order valence-corrected chi connectivity index (χ0v) is 16.7. The van der Waals surface area contributed by atoms with E-state index in [1.165, 1.54) is 0 Å². The Labute approximate surface area is 174 Å². The number of allylic oxidation sites excluding steroid dienone is 3. The second-order valence-electron chi connectivity index (χ2n) is 7.55. The molecule has 5 rings (SSSR count). The Balaban J connectivity index is 1.52. The van der Waals surface area contributed by atoms with Crippen LogP contribution in [0.2, 0.25) is 0 Å². The fourth-order valence-electron chi connectivity index (χ4n) is 4.01. The van der Waals surface area contributed by atoms with E-state index in [1.807, 2.05) is 48.7 Å². The summed E-state index contributed by atoms with van der Waals surface area (Å²) in [5, 5.41) is 4.50. The van der Waals surface area contributed by atoms with Crippen LogP contribution in [0.4, 0.5) is 5.82 Å². The lowest BCUT2D eigenvalue weighted by atomic mass is 10.0. The van der Waals surface area contributed by atoms with Crippen LogP contribution in [0.15, 0.2) is 59.7 Å². The predicted octanol–water partition coefficient (Wildman–Crippen LogP) is 2.98. The van der Waals surface area contributed by atoms with Crippen molar-refractivity contribution in [2.24, 2.45) is 4.99 Å². The zero-order valence-electron chi connectivity index (χ0n) is 16.7. The summed E-state index contributed by atoms with van der Waals surface area (Å²) < 4.78 is 1.70. The predicted molar refractivity (Wildman–Crippen MR) is 117 cm³/mol. The molecule has 0 saturated heterocycles. The highest BCUT2D eigenvalue weighted by Crippen LogP contribution is 2.29. The average molecular weight is 398 g/mol. The number of fused-ring (bicyclic) bond motifs is 2. The number of hydrogen-bond acceptors (Lipinski definition) is 5. The number of anilines is 1. The van der Waals surface area contributed by atoms with Gasteiger partial charge in [-0.05, 0) is 12.5 Å². The largest absolute Gasteiger partial charge is 0.383 e. The lowest BCUT2D eigenvalue weighted by Gasteiger charge is -2.28. The molecule has 1 aromatic carbocycles. The van der Waals surface area contributed by atoms with Gasteiger partial charge in [0.1, 0.15) is 5.82 Å². The topological polar surface area (TPSA) is 88.9 Å². The SMILES string of the molecule is CC(=O)N1CCc2c(nc3c(C4C=CC=C(c5ccccc5)N=C4)cnn3c2N)C1. The summed E-state index contributed by atoms with van der Waals surface area (Å²) >= 11 is 0. The van der Waals surface area contributed by atoms with E-state index < -0.39 is 0 Å². The highest BCUT2D eigenvalue weighted by atomic mass is 16.2. The van der Waals surface area contributed by atoms with Crippen molar-refractivity contribution in [2.75, 3.05) is 12.3 Å². The Morgan fingerprint density at radius 1 is 1.23 bits per heavy atom. The standard InChI is InChI=1S/C23H22N6O/c1-15(30)28-11-10-18-21(14-28)27-23-19(13-26-29(23)22(18)24)17-8-5-9-20(25-12-17)16-6-3-2-4-7-16/h2-9,12-13,17H,10-11,14,24H2,1H3. The van der Waals surface area contributed by atoms with E-state index in [4.69, 9.17) is 15.7 Å². The summed E-state index contributed by atoms with van der Waals surface area (Å²) in [6.45, 7) is 2.71. The van der Waals surface area contributed by atoms with E-state index in [0.717, 1.165) is 28.1 Å². The molecule has 0 bridgehead atoms. The van der Waals surface area contributed by atoms with Crippen LogP contribution in [-0.2, 0) is 17.8 Å². The molecule has 7 nitrogen and oxygen atoms in total. The minimum atomic E-state index is -0.0718. The van der Waals surface area contributed by atoms with Gasteiger partial charge in [-0.2, -0.15) is 9.61 Å². The molecule has 2 aromatic heterocycles. The molecule has 150 valence electrons. The van der Waals surface area contributed by atoms with Crippen LogP contribution in [0.3, 0.4) is 0 Å². The van der Waals surface area contributed by atoms with E-state index in [1.54, 1.807) is 22.5 Å². The van der Waals surface area contributed by atoms with Gasteiger partial charge in [0.25, 0.3) is 0 Å². The molecule has 1 atom stereocenters. The molecule has 0 fully saturated rings. The number of benzene rings is 1. The number of hydrogen-bond donors (Lipinski definition) is 1. The van der Waals surface area contributed by atoms with Gasteiger partial charge in [-0.15, -0.1) is 0 Å². The zero-order chi connectivity index (χ0) is 20.7. The van der Waals surface area contributed by atoms with Gasteiger partial charge in [-0.3, -0.25) is 9.79 Å². The van der Waals surface area contributed by atoms with E-state index in [2.05, 4.69) is 11.2 Å². The van der Waals surface area contributed by atoms with E-state index in [-0.39, 0.29) is 11.8 Å². The van der Waals surface area contributed by atoms with Crippen LogP contribution in [0.1, 0.15) is 35.2 Å². The number of aromatic nitrogens is 3. The first-order chi connectivity index (χ1) is 14.6.